The van der Waals surface area contributed by atoms with Crippen LogP contribution in [0.1, 0.15) is 32.8 Å². The number of amides is 1. The summed E-state index contributed by atoms with van der Waals surface area (Å²) in [5.74, 6) is -0.370. The number of aryl methyl sites for hydroxylation is 1. The van der Waals surface area contributed by atoms with E-state index in [4.69, 9.17) is 0 Å². The van der Waals surface area contributed by atoms with Gasteiger partial charge in [-0.15, -0.1) is 11.3 Å². The third-order valence-corrected chi connectivity index (χ3v) is 5.45. The summed E-state index contributed by atoms with van der Waals surface area (Å²) in [7, 11) is 0. The summed E-state index contributed by atoms with van der Waals surface area (Å²) < 4.78 is 0. The molecule has 0 radical (unpaired) electrons. The Balaban J connectivity index is 1.69. The molecule has 25 heavy (non-hydrogen) atoms. The number of aromatic nitrogens is 2. The smallest absolute Gasteiger partial charge is 0.314 e. The van der Waals surface area contributed by atoms with Gasteiger partial charge < -0.3 is 15.3 Å². The number of nitrogens with zero attached hydrogens (tertiary/aromatic N) is 1. The number of aromatic amines is 2. The van der Waals surface area contributed by atoms with Crippen LogP contribution in [0.4, 0.5) is 5.00 Å². The monoisotopic (exact) mass is 352 g/mol. The lowest BCUT2D eigenvalue weighted by Gasteiger charge is -2.05. The van der Waals surface area contributed by atoms with Crippen molar-refractivity contribution >= 4 is 33.3 Å². The third kappa shape index (κ3) is 2.55. The summed E-state index contributed by atoms with van der Waals surface area (Å²) in [5, 5.41) is 12.7. The number of nitrogens with one attached hydrogen (secondary N) is 3. The van der Waals surface area contributed by atoms with Gasteiger partial charge in [-0.2, -0.15) is 5.26 Å². The number of benzene rings is 1. The predicted octanol–water partition coefficient (Wildman–Crippen LogP) is 1.89. The van der Waals surface area contributed by atoms with Crippen molar-refractivity contribution in [3.63, 3.8) is 0 Å². The highest BCUT2D eigenvalue weighted by Gasteiger charge is 2.23. The maximum Gasteiger partial charge on any atom is 0.314 e. The Labute approximate surface area is 144 Å². The van der Waals surface area contributed by atoms with Crippen molar-refractivity contribution in [1.29, 1.82) is 5.26 Å². The predicted molar refractivity (Wildman–Crippen MR) is 94.2 cm³/mol. The first-order valence-electron chi connectivity index (χ1n) is 7.69. The van der Waals surface area contributed by atoms with E-state index in [2.05, 4.69) is 21.4 Å². The van der Waals surface area contributed by atoms with Crippen LogP contribution in [-0.4, -0.2) is 15.9 Å². The van der Waals surface area contributed by atoms with Crippen LogP contribution in [0.5, 0.6) is 0 Å². The van der Waals surface area contributed by atoms with Crippen LogP contribution >= 0.6 is 11.3 Å². The maximum absolute atomic E-state index is 12.5. The molecule has 3 N–H and O–H groups in total. The topological polar surface area (TPSA) is 119 Å². The number of rotatable bonds is 2. The Morgan fingerprint density at radius 3 is 2.68 bits per heavy atom. The minimum absolute atomic E-state index is 0.327. The number of fused-ring (bicyclic) bond motifs is 2. The second kappa shape index (κ2) is 5.72. The lowest BCUT2D eigenvalue weighted by molar-refractivity contribution is 0.102. The Bertz CT molecular complexity index is 1180. The molecular formula is C17H12N4O3S. The van der Waals surface area contributed by atoms with Crippen molar-refractivity contribution in [2.24, 2.45) is 0 Å². The minimum atomic E-state index is -0.772. The molecular weight excluding hydrogens is 340 g/mol. The molecule has 0 saturated heterocycles. The molecule has 1 amide bonds. The number of nitriles is 1. The van der Waals surface area contributed by atoms with Crippen LogP contribution in [0, 0.1) is 11.3 Å². The zero-order valence-electron chi connectivity index (χ0n) is 12.9. The van der Waals surface area contributed by atoms with E-state index in [1.165, 1.54) is 17.4 Å². The Hall–Kier alpha value is -3.18. The lowest BCUT2D eigenvalue weighted by atomic mass is 10.1. The normalized spacial score (nSPS) is 12.8. The highest BCUT2D eigenvalue weighted by Crippen LogP contribution is 2.38. The molecule has 8 heteroatoms. The molecule has 2 aromatic heterocycles. The van der Waals surface area contributed by atoms with Gasteiger partial charge in [-0.05, 0) is 43.0 Å². The fourth-order valence-corrected chi connectivity index (χ4v) is 4.28. The first-order chi connectivity index (χ1) is 12.1. The van der Waals surface area contributed by atoms with E-state index in [0.29, 0.717) is 27.2 Å². The van der Waals surface area contributed by atoms with Crippen molar-refractivity contribution in [3.8, 4) is 6.07 Å². The van der Waals surface area contributed by atoms with Gasteiger partial charge in [0.15, 0.2) is 0 Å². The van der Waals surface area contributed by atoms with Gasteiger partial charge in [0.2, 0.25) is 0 Å². The minimum Gasteiger partial charge on any atom is -0.316 e. The van der Waals surface area contributed by atoms with Crippen LogP contribution in [-0.2, 0) is 12.8 Å². The van der Waals surface area contributed by atoms with E-state index in [9.17, 15) is 19.6 Å². The van der Waals surface area contributed by atoms with Crippen LogP contribution < -0.4 is 16.4 Å². The molecule has 1 aromatic carbocycles. The largest absolute Gasteiger partial charge is 0.316 e. The summed E-state index contributed by atoms with van der Waals surface area (Å²) in [6.07, 6.45) is 2.85. The van der Waals surface area contributed by atoms with Crippen LogP contribution in [0.3, 0.4) is 0 Å². The Kier molecular flexibility index (Phi) is 3.51. The van der Waals surface area contributed by atoms with E-state index in [1.54, 1.807) is 12.1 Å². The molecule has 0 fully saturated rings. The molecule has 4 rings (SSSR count). The third-order valence-electron chi connectivity index (χ3n) is 4.24. The fraction of sp³-hybridized carbons (Fsp3) is 0.176. The number of thiophene rings is 1. The summed E-state index contributed by atoms with van der Waals surface area (Å²) in [4.78, 5) is 41.3. The molecule has 1 aliphatic rings. The number of hydrogen-bond acceptors (Lipinski definition) is 5. The maximum atomic E-state index is 12.5. The number of hydrogen-bond donors (Lipinski definition) is 3. The standard InChI is InChI=1S/C17H12N4O3S/c18-7-10-9-2-1-3-13(9)25-17(10)21-14(22)8-4-5-11-12(6-8)20-16(24)15(23)19-11/h4-6H,1-3H2,(H,19,23)(H,20,24)(H,21,22). The molecule has 124 valence electrons. The zero-order chi connectivity index (χ0) is 17.6. The zero-order valence-corrected chi connectivity index (χ0v) is 13.8. The second-order valence-electron chi connectivity index (χ2n) is 5.80. The average Bonchev–Trinajstić information content (AvgIpc) is 3.16. The van der Waals surface area contributed by atoms with Gasteiger partial charge in [0, 0.05) is 10.4 Å². The van der Waals surface area contributed by atoms with Gasteiger partial charge in [-0.25, -0.2) is 0 Å². The van der Waals surface area contributed by atoms with Gasteiger partial charge in [0.05, 0.1) is 16.6 Å². The molecule has 0 aliphatic heterocycles. The van der Waals surface area contributed by atoms with Crippen molar-refractivity contribution in [2.45, 2.75) is 19.3 Å². The fourth-order valence-electron chi connectivity index (χ4n) is 3.04. The van der Waals surface area contributed by atoms with Gasteiger partial charge in [0.25, 0.3) is 5.91 Å². The highest BCUT2D eigenvalue weighted by molar-refractivity contribution is 7.16. The van der Waals surface area contributed by atoms with Crippen molar-refractivity contribution in [3.05, 3.63) is 60.5 Å². The van der Waals surface area contributed by atoms with Gasteiger partial charge >= 0.3 is 11.1 Å². The van der Waals surface area contributed by atoms with E-state index in [1.807, 2.05) is 0 Å². The van der Waals surface area contributed by atoms with Crippen molar-refractivity contribution < 1.29 is 4.79 Å². The molecule has 2 heterocycles. The van der Waals surface area contributed by atoms with Crippen molar-refractivity contribution in [1.82, 2.24) is 9.97 Å². The van der Waals surface area contributed by atoms with E-state index < -0.39 is 11.1 Å². The molecule has 0 unspecified atom stereocenters. The molecule has 1 aliphatic carbocycles. The van der Waals surface area contributed by atoms with E-state index in [0.717, 1.165) is 29.7 Å². The summed E-state index contributed by atoms with van der Waals surface area (Å²) in [5.41, 5.74) is 1.21. The molecule has 0 bridgehead atoms. The Morgan fingerprint density at radius 2 is 1.92 bits per heavy atom. The van der Waals surface area contributed by atoms with Crippen molar-refractivity contribution in [2.75, 3.05) is 5.32 Å². The van der Waals surface area contributed by atoms with Crippen LogP contribution in [0.25, 0.3) is 11.0 Å². The van der Waals surface area contributed by atoms with E-state index in [-0.39, 0.29) is 5.91 Å². The number of carbonyl (C=O) groups is 1. The quantitative estimate of drug-likeness (QED) is 0.610. The van der Waals surface area contributed by atoms with E-state index >= 15 is 0 Å². The molecule has 0 saturated carbocycles. The second-order valence-corrected chi connectivity index (χ2v) is 6.90. The van der Waals surface area contributed by atoms with Gasteiger partial charge in [-0.1, -0.05) is 0 Å². The highest BCUT2D eigenvalue weighted by atomic mass is 32.1. The first kappa shape index (κ1) is 15.4. The summed E-state index contributed by atoms with van der Waals surface area (Å²) >= 11 is 1.44. The lowest BCUT2D eigenvalue weighted by Crippen LogP contribution is -2.29. The summed E-state index contributed by atoms with van der Waals surface area (Å²) in [6.45, 7) is 0. The molecule has 0 spiro atoms. The Morgan fingerprint density at radius 1 is 1.16 bits per heavy atom. The van der Waals surface area contributed by atoms with Gasteiger partial charge in [0.1, 0.15) is 11.1 Å². The molecule has 0 atom stereocenters. The SMILES string of the molecule is N#Cc1c(NC(=O)c2ccc3[nH]c(=O)c(=O)[nH]c3c2)sc2c1CCC2. The van der Waals surface area contributed by atoms with Crippen LogP contribution in [0.2, 0.25) is 0 Å². The first-order valence-corrected chi connectivity index (χ1v) is 8.51. The number of anilines is 1. The van der Waals surface area contributed by atoms with Gasteiger partial charge in [-0.3, -0.25) is 14.4 Å². The molecule has 3 aromatic rings. The molecule has 7 nitrogen and oxygen atoms in total. The number of H-pyrrole nitrogens is 2. The number of carbonyl (C=O) groups excluding carboxylic acids is 1. The summed E-state index contributed by atoms with van der Waals surface area (Å²) in [6, 6.07) is 6.79. The van der Waals surface area contributed by atoms with Crippen LogP contribution in [0.15, 0.2) is 27.8 Å². The average molecular weight is 352 g/mol.